The zero-order chi connectivity index (χ0) is 29.1. The normalized spacial score (nSPS) is 14.0. The fourth-order valence-corrected chi connectivity index (χ4v) is 5.77. The SMILES string of the molecule is CCCCCc1ccc(C(=O)N(Cc2ccc(N(C)c3ccncc3)cc2)C2CCN(Cc3ccccn3)CC2)cc1. The molecule has 5 rings (SSSR count). The molecular weight excluding hydrogens is 518 g/mol. The van der Waals surface area contributed by atoms with E-state index in [1.807, 2.05) is 55.0 Å². The van der Waals surface area contributed by atoms with Gasteiger partial charge in [-0.2, -0.15) is 0 Å². The average molecular weight is 562 g/mol. The van der Waals surface area contributed by atoms with Crippen molar-refractivity contribution in [3.05, 3.63) is 120 Å². The first-order chi connectivity index (χ1) is 20.6. The van der Waals surface area contributed by atoms with Gasteiger partial charge in [0.2, 0.25) is 0 Å². The van der Waals surface area contributed by atoms with Crippen LogP contribution in [0.15, 0.2) is 97.5 Å². The number of nitrogens with zero attached hydrogens (tertiary/aromatic N) is 5. The van der Waals surface area contributed by atoms with Crippen molar-refractivity contribution >= 4 is 17.3 Å². The number of aromatic nitrogens is 2. The number of rotatable bonds is 12. The Hall–Kier alpha value is -4.03. The van der Waals surface area contributed by atoms with Gasteiger partial charge in [0.15, 0.2) is 0 Å². The van der Waals surface area contributed by atoms with E-state index in [4.69, 9.17) is 0 Å². The summed E-state index contributed by atoms with van der Waals surface area (Å²) >= 11 is 0. The highest BCUT2D eigenvalue weighted by molar-refractivity contribution is 5.94. The van der Waals surface area contributed by atoms with Crippen LogP contribution >= 0.6 is 0 Å². The topological polar surface area (TPSA) is 52.6 Å². The Balaban J connectivity index is 1.30. The molecule has 0 spiro atoms. The maximum absolute atomic E-state index is 14.0. The van der Waals surface area contributed by atoms with E-state index in [2.05, 4.69) is 81.1 Å². The Labute approximate surface area is 251 Å². The molecule has 0 saturated carbocycles. The first-order valence-electron chi connectivity index (χ1n) is 15.4. The highest BCUT2D eigenvalue weighted by atomic mass is 16.2. The van der Waals surface area contributed by atoms with Crippen LogP contribution in [-0.2, 0) is 19.5 Å². The van der Waals surface area contributed by atoms with Crippen LogP contribution in [0.25, 0.3) is 0 Å². The maximum Gasteiger partial charge on any atom is 0.254 e. The third-order valence-electron chi connectivity index (χ3n) is 8.37. The van der Waals surface area contributed by atoms with Crippen LogP contribution in [0.5, 0.6) is 0 Å². The van der Waals surface area contributed by atoms with Crippen LogP contribution in [0, 0.1) is 0 Å². The number of aryl methyl sites for hydroxylation is 1. The molecule has 2 aromatic heterocycles. The molecule has 0 aliphatic carbocycles. The van der Waals surface area contributed by atoms with E-state index < -0.39 is 0 Å². The second kappa shape index (κ2) is 14.7. The summed E-state index contributed by atoms with van der Waals surface area (Å²) < 4.78 is 0. The highest BCUT2D eigenvalue weighted by Gasteiger charge is 2.29. The van der Waals surface area contributed by atoms with E-state index >= 15 is 0 Å². The number of likely N-dealkylation sites (tertiary alicyclic amines) is 1. The highest BCUT2D eigenvalue weighted by Crippen LogP contribution is 2.26. The van der Waals surface area contributed by atoms with Crippen molar-refractivity contribution in [2.45, 2.75) is 64.6 Å². The number of pyridine rings is 2. The third kappa shape index (κ3) is 7.83. The minimum absolute atomic E-state index is 0.122. The molecule has 218 valence electrons. The number of carbonyl (C=O) groups is 1. The van der Waals surface area contributed by atoms with Crippen LogP contribution < -0.4 is 4.90 Å². The van der Waals surface area contributed by atoms with Gasteiger partial charge in [-0.3, -0.25) is 19.7 Å². The molecule has 0 N–H and O–H groups in total. The second-order valence-electron chi connectivity index (χ2n) is 11.3. The smallest absolute Gasteiger partial charge is 0.254 e. The van der Waals surface area contributed by atoms with Crippen molar-refractivity contribution in [2.75, 3.05) is 25.0 Å². The van der Waals surface area contributed by atoms with Crippen LogP contribution in [0.4, 0.5) is 11.4 Å². The lowest BCUT2D eigenvalue weighted by atomic mass is 9.99. The van der Waals surface area contributed by atoms with Crippen LogP contribution in [-0.4, -0.2) is 51.9 Å². The number of anilines is 2. The largest absolute Gasteiger partial charge is 0.345 e. The van der Waals surface area contributed by atoms with E-state index in [9.17, 15) is 4.79 Å². The number of piperidine rings is 1. The zero-order valence-corrected chi connectivity index (χ0v) is 25.0. The van der Waals surface area contributed by atoms with Crippen molar-refractivity contribution in [1.82, 2.24) is 19.8 Å². The average Bonchev–Trinajstić information content (AvgIpc) is 3.05. The Morgan fingerprint density at radius 1 is 0.833 bits per heavy atom. The molecule has 2 aromatic carbocycles. The number of unbranched alkanes of at least 4 members (excludes halogenated alkanes) is 2. The fraction of sp³-hybridized carbons (Fsp3) is 0.361. The van der Waals surface area contributed by atoms with Gasteiger partial charge in [0, 0.05) is 74.8 Å². The number of carbonyl (C=O) groups excluding carboxylic acids is 1. The van der Waals surface area contributed by atoms with Gasteiger partial charge in [0.25, 0.3) is 5.91 Å². The molecule has 6 heteroatoms. The van der Waals surface area contributed by atoms with E-state index in [1.165, 1.54) is 24.8 Å². The molecule has 4 aromatic rings. The Morgan fingerprint density at radius 3 is 2.19 bits per heavy atom. The predicted octanol–water partition coefficient (Wildman–Crippen LogP) is 7.28. The van der Waals surface area contributed by atoms with Gasteiger partial charge in [-0.1, -0.05) is 50.1 Å². The lowest BCUT2D eigenvalue weighted by molar-refractivity contribution is 0.0541. The molecule has 42 heavy (non-hydrogen) atoms. The summed E-state index contributed by atoms with van der Waals surface area (Å²) in [5, 5.41) is 0. The standard InChI is InChI=1S/C36H43N5O/c1-3-4-5-8-29-10-14-31(15-11-29)36(42)41(35-20-25-40(26-21-35)28-32-9-6-7-22-38-32)27-30-12-16-33(17-13-30)39(2)34-18-23-37-24-19-34/h6-7,9-19,22-24,35H,3-5,8,20-21,25-28H2,1-2H3. The van der Waals surface area contributed by atoms with Gasteiger partial charge in [0.05, 0.1) is 5.69 Å². The molecule has 1 aliphatic rings. The zero-order valence-electron chi connectivity index (χ0n) is 25.0. The first-order valence-corrected chi connectivity index (χ1v) is 15.4. The van der Waals surface area contributed by atoms with Crippen molar-refractivity contribution in [3.8, 4) is 0 Å². The molecule has 0 atom stereocenters. The molecule has 1 amide bonds. The van der Waals surface area contributed by atoms with E-state index in [0.29, 0.717) is 6.54 Å². The number of benzene rings is 2. The first kappa shape index (κ1) is 29.5. The van der Waals surface area contributed by atoms with E-state index in [1.54, 1.807) is 0 Å². The minimum Gasteiger partial charge on any atom is -0.345 e. The fourth-order valence-electron chi connectivity index (χ4n) is 5.77. The summed E-state index contributed by atoms with van der Waals surface area (Å²) in [5.74, 6) is 0.122. The van der Waals surface area contributed by atoms with Gasteiger partial charge in [0.1, 0.15) is 0 Å². The molecule has 1 fully saturated rings. The van der Waals surface area contributed by atoms with Crippen molar-refractivity contribution in [2.24, 2.45) is 0 Å². The van der Waals surface area contributed by atoms with Gasteiger partial charge >= 0.3 is 0 Å². The number of hydrogen-bond donors (Lipinski definition) is 0. The maximum atomic E-state index is 14.0. The molecule has 3 heterocycles. The molecule has 1 saturated heterocycles. The van der Waals surface area contributed by atoms with Crippen molar-refractivity contribution in [1.29, 1.82) is 0 Å². The summed E-state index contributed by atoms with van der Waals surface area (Å²) in [6.45, 7) is 5.59. The van der Waals surface area contributed by atoms with Crippen molar-refractivity contribution < 1.29 is 4.79 Å². The van der Waals surface area contributed by atoms with Gasteiger partial charge in [-0.25, -0.2) is 0 Å². The lowest BCUT2D eigenvalue weighted by Gasteiger charge is -2.38. The quantitative estimate of drug-likeness (QED) is 0.170. The van der Waals surface area contributed by atoms with E-state index in [-0.39, 0.29) is 11.9 Å². The number of hydrogen-bond acceptors (Lipinski definition) is 5. The lowest BCUT2D eigenvalue weighted by Crippen LogP contribution is -2.47. The Morgan fingerprint density at radius 2 is 1.52 bits per heavy atom. The molecule has 6 nitrogen and oxygen atoms in total. The molecular formula is C36H43N5O. The van der Waals surface area contributed by atoms with Crippen LogP contribution in [0.2, 0.25) is 0 Å². The van der Waals surface area contributed by atoms with Crippen molar-refractivity contribution in [3.63, 3.8) is 0 Å². The Bertz CT molecular complexity index is 1370. The molecule has 1 aliphatic heterocycles. The summed E-state index contributed by atoms with van der Waals surface area (Å²) in [6.07, 6.45) is 12.1. The summed E-state index contributed by atoms with van der Waals surface area (Å²) in [7, 11) is 2.06. The van der Waals surface area contributed by atoms with Crippen LogP contribution in [0.1, 0.15) is 66.2 Å². The monoisotopic (exact) mass is 561 g/mol. The second-order valence-corrected chi connectivity index (χ2v) is 11.3. The number of amides is 1. The summed E-state index contributed by atoms with van der Waals surface area (Å²) in [6, 6.07) is 27.2. The van der Waals surface area contributed by atoms with Crippen LogP contribution in [0.3, 0.4) is 0 Å². The molecule has 0 unspecified atom stereocenters. The van der Waals surface area contributed by atoms with Gasteiger partial charge < -0.3 is 9.80 Å². The van der Waals surface area contributed by atoms with E-state index in [0.717, 1.165) is 67.1 Å². The summed E-state index contributed by atoms with van der Waals surface area (Å²) in [5.41, 5.74) is 6.51. The third-order valence-corrected chi connectivity index (χ3v) is 8.37. The minimum atomic E-state index is 0.122. The van der Waals surface area contributed by atoms with Gasteiger partial charge in [-0.15, -0.1) is 0 Å². The predicted molar refractivity (Wildman–Crippen MR) is 171 cm³/mol. The summed E-state index contributed by atoms with van der Waals surface area (Å²) in [4.78, 5) is 29.4. The molecule has 0 radical (unpaired) electrons. The Kier molecular flexibility index (Phi) is 10.3. The molecule has 0 bridgehead atoms. The van der Waals surface area contributed by atoms with Gasteiger partial charge in [-0.05, 0) is 85.3 Å².